The van der Waals surface area contributed by atoms with Crippen LogP contribution in [0.3, 0.4) is 0 Å². The summed E-state index contributed by atoms with van der Waals surface area (Å²) in [5.74, 6) is 0.425. The standard InChI is InChI=1S/C15H18ClNO4S2/c1-10-4-7-15(22-10)14(21-3)9-17-23(18,19)11-5-6-13(20-2)12(16)8-11/h4-8,14,17H,9H2,1-3H3/t14-/m1/s1. The molecule has 0 fully saturated rings. The monoisotopic (exact) mass is 375 g/mol. The lowest BCUT2D eigenvalue weighted by atomic mass is 10.3. The van der Waals surface area contributed by atoms with Crippen molar-refractivity contribution in [1.29, 1.82) is 0 Å². The third-order valence-corrected chi connectivity index (χ3v) is 6.06. The third kappa shape index (κ3) is 4.45. The number of methoxy groups -OCH3 is 2. The van der Waals surface area contributed by atoms with Gasteiger partial charge in [-0.05, 0) is 37.3 Å². The van der Waals surface area contributed by atoms with Crippen LogP contribution in [0, 0.1) is 6.92 Å². The lowest BCUT2D eigenvalue weighted by molar-refractivity contribution is 0.110. The molecule has 2 aromatic rings. The first-order chi connectivity index (χ1) is 10.9. The molecule has 1 atom stereocenters. The van der Waals surface area contributed by atoms with Gasteiger partial charge in [0.05, 0.1) is 17.0 Å². The summed E-state index contributed by atoms with van der Waals surface area (Å²) in [5, 5.41) is 0.243. The maximum Gasteiger partial charge on any atom is 0.240 e. The summed E-state index contributed by atoms with van der Waals surface area (Å²) in [7, 11) is -0.654. The van der Waals surface area contributed by atoms with E-state index < -0.39 is 10.0 Å². The maximum absolute atomic E-state index is 12.4. The topological polar surface area (TPSA) is 64.6 Å². The van der Waals surface area contributed by atoms with Crippen molar-refractivity contribution >= 4 is 33.0 Å². The van der Waals surface area contributed by atoms with Gasteiger partial charge < -0.3 is 9.47 Å². The third-order valence-electron chi connectivity index (χ3n) is 3.26. The predicted molar refractivity (Wildman–Crippen MR) is 92.0 cm³/mol. The zero-order valence-corrected chi connectivity index (χ0v) is 15.4. The number of thiophene rings is 1. The Hall–Kier alpha value is -1.12. The second-order valence-corrected chi connectivity index (χ2v) is 8.31. The lowest BCUT2D eigenvalue weighted by Crippen LogP contribution is -2.29. The van der Waals surface area contributed by atoms with Crippen LogP contribution in [0.4, 0.5) is 0 Å². The molecular weight excluding hydrogens is 358 g/mol. The van der Waals surface area contributed by atoms with Gasteiger partial charge in [0.25, 0.3) is 0 Å². The molecule has 23 heavy (non-hydrogen) atoms. The Bertz CT molecular complexity index is 774. The van der Waals surface area contributed by atoms with E-state index in [2.05, 4.69) is 4.72 Å². The summed E-state index contributed by atoms with van der Waals surface area (Å²) in [6, 6.07) is 8.24. The first kappa shape index (κ1) is 18.2. The van der Waals surface area contributed by atoms with E-state index in [9.17, 15) is 8.42 Å². The highest BCUT2D eigenvalue weighted by Gasteiger charge is 2.20. The fourth-order valence-corrected chi connectivity index (χ4v) is 4.34. The van der Waals surface area contributed by atoms with E-state index in [0.29, 0.717) is 5.75 Å². The van der Waals surface area contributed by atoms with Crippen molar-refractivity contribution in [3.05, 3.63) is 45.1 Å². The van der Waals surface area contributed by atoms with Crippen molar-refractivity contribution in [3.8, 4) is 5.75 Å². The van der Waals surface area contributed by atoms with Gasteiger partial charge in [0.2, 0.25) is 10.0 Å². The normalized spacial score (nSPS) is 13.0. The zero-order valence-electron chi connectivity index (χ0n) is 13.0. The highest BCUT2D eigenvalue weighted by Crippen LogP contribution is 2.28. The molecule has 2 rings (SSSR count). The Morgan fingerprint density at radius 2 is 2.00 bits per heavy atom. The molecule has 1 heterocycles. The molecule has 0 aliphatic rings. The van der Waals surface area contributed by atoms with Gasteiger partial charge in [0, 0.05) is 23.4 Å². The fourth-order valence-electron chi connectivity index (χ4n) is 2.01. The lowest BCUT2D eigenvalue weighted by Gasteiger charge is -2.15. The maximum atomic E-state index is 12.4. The van der Waals surface area contributed by atoms with E-state index in [1.165, 1.54) is 25.3 Å². The van der Waals surface area contributed by atoms with Crippen molar-refractivity contribution in [2.24, 2.45) is 0 Å². The van der Waals surface area contributed by atoms with Gasteiger partial charge in [-0.15, -0.1) is 11.3 Å². The molecule has 1 N–H and O–H groups in total. The van der Waals surface area contributed by atoms with Crippen LogP contribution in [0.15, 0.2) is 35.2 Å². The minimum atomic E-state index is -3.68. The van der Waals surface area contributed by atoms with Gasteiger partial charge in [0.15, 0.2) is 0 Å². The molecule has 1 aromatic heterocycles. The van der Waals surface area contributed by atoms with Crippen LogP contribution in [0.25, 0.3) is 0 Å². The Balaban J connectivity index is 2.13. The zero-order chi connectivity index (χ0) is 17.0. The summed E-state index contributed by atoms with van der Waals surface area (Å²) in [6.45, 7) is 2.13. The van der Waals surface area contributed by atoms with Gasteiger partial charge in [0.1, 0.15) is 11.9 Å². The molecule has 0 amide bonds. The summed E-state index contributed by atoms with van der Waals surface area (Å²) in [4.78, 5) is 2.20. The van der Waals surface area contributed by atoms with Gasteiger partial charge in [-0.25, -0.2) is 13.1 Å². The predicted octanol–water partition coefficient (Wildman–Crippen LogP) is 3.38. The van der Waals surface area contributed by atoms with Crippen molar-refractivity contribution in [2.75, 3.05) is 20.8 Å². The molecule has 8 heteroatoms. The van der Waals surface area contributed by atoms with Crippen LogP contribution < -0.4 is 9.46 Å². The number of benzene rings is 1. The number of hydrogen-bond acceptors (Lipinski definition) is 5. The molecule has 0 saturated heterocycles. The first-order valence-electron chi connectivity index (χ1n) is 6.79. The van der Waals surface area contributed by atoms with E-state index in [0.717, 1.165) is 9.75 Å². The van der Waals surface area contributed by atoms with E-state index in [-0.39, 0.29) is 22.6 Å². The van der Waals surface area contributed by atoms with Gasteiger partial charge in [-0.2, -0.15) is 0 Å². The minimum Gasteiger partial charge on any atom is -0.495 e. The van der Waals surface area contributed by atoms with Crippen LogP contribution >= 0.6 is 22.9 Å². The fraction of sp³-hybridized carbons (Fsp3) is 0.333. The number of halogens is 1. The summed E-state index contributed by atoms with van der Waals surface area (Å²) >= 11 is 7.56. The molecular formula is C15H18ClNO4S2. The van der Waals surface area contributed by atoms with Crippen molar-refractivity contribution in [2.45, 2.75) is 17.9 Å². The quantitative estimate of drug-likeness (QED) is 0.805. The van der Waals surface area contributed by atoms with Crippen LogP contribution in [0.2, 0.25) is 5.02 Å². The number of aryl methyl sites for hydroxylation is 1. The highest BCUT2D eigenvalue weighted by molar-refractivity contribution is 7.89. The van der Waals surface area contributed by atoms with E-state index in [4.69, 9.17) is 21.1 Å². The second-order valence-electron chi connectivity index (χ2n) is 4.82. The van der Waals surface area contributed by atoms with Crippen LogP contribution in [-0.4, -0.2) is 29.2 Å². The average molecular weight is 376 g/mol. The number of nitrogens with one attached hydrogen (secondary N) is 1. The number of hydrogen-bond donors (Lipinski definition) is 1. The SMILES string of the molecule is COc1ccc(S(=O)(=O)NC[C@@H](OC)c2ccc(C)s2)cc1Cl. The van der Waals surface area contributed by atoms with Crippen LogP contribution in [0.1, 0.15) is 15.9 Å². The number of ether oxygens (including phenoxy) is 2. The summed E-state index contributed by atoms with van der Waals surface area (Å²) in [5.41, 5.74) is 0. The van der Waals surface area contributed by atoms with E-state index >= 15 is 0 Å². The van der Waals surface area contributed by atoms with Crippen molar-refractivity contribution in [1.82, 2.24) is 4.72 Å². The molecule has 0 saturated carbocycles. The first-order valence-corrected chi connectivity index (χ1v) is 9.47. The molecule has 0 spiro atoms. The molecule has 0 bridgehead atoms. The second kappa shape index (κ2) is 7.63. The Morgan fingerprint density at radius 1 is 1.26 bits per heavy atom. The van der Waals surface area contributed by atoms with E-state index in [1.807, 2.05) is 19.1 Å². The molecule has 0 unspecified atom stereocenters. The highest BCUT2D eigenvalue weighted by atomic mass is 35.5. The van der Waals surface area contributed by atoms with Gasteiger partial charge >= 0.3 is 0 Å². The molecule has 0 aliphatic heterocycles. The number of rotatable bonds is 7. The molecule has 5 nitrogen and oxygen atoms in total. The molecule has 0 radical (unpaired) electrons. The number of sulfonamides is 1. The minimum absolute atomic E-state index is 0.0838. The summed E-state index contributed by atoms with van der Waals surface area (Å²) < 4.78 is 37.7. The van der Waals surface area contributed by atoms with Crippen LogP contribution in [-0.2, 0) is 14.8 Å². The van der Waals surface area contributed by atoms with Gasteiger partial charge in [-0.1, -0.05) is 11.6 Å². The van der Waals surface area contributed by atoms with E-state index in [1.54, 1.807) is 18.4 Å². The molecule has 126 valence electrons. The van der Waals surface area contributed by atoms with Crippen LogP contribution in [0.5, 0.6) is 5.75 Å². The van der Waals surface area contributed by atoms with Crippen molar-refractivity contribution in [3.63, 3.8) is 0 Å². The smallest absolute Gasteiger partial charge is 0.240 e. The summed E-state index contributed by atoms with van der Waals surface area (Å²) in [6.07, 6.45) is -0.336. The Labute approximate surface area is 145 Å². The molecule has 1 aromatic carbocycles. The van der Waals surface area contributed by atoms with Crippen molar-refractivity contribution < 1.29 is 17.9 Å². The Kier molecular flexibility index (Phi) is 6.05. The molecule has 0 aliphatic carbocycles. The Morgan fingerprint density at radius 3 is 2.52 bits per heavy atom. The largest absolute Gasteiger partial charge is 0.495 e. The van der Waals surface area contributed by atoms with Gasteiger partial charge in [-0.3, -0.25) is 0 Å². The average Bonchev–Trinajstić information content (AvgIpc) is 2.94.